The van der Waals surface area contributed by atoms with Crippen LogP contribution in [0.1, 0.15) is 6.42 Å². The van der Waals surface area contributed by atoms with Gasteiger partial charge >= 0.3 is 0 Å². The van der Waals surface area contributed by atoms with Crippen LogP contribution in [0.5, 0.6) is 0 Å². The average Bonchev–Trinajstić information content (AvgIpc) is 2.33. The Hall–Kier alpha value is -1.50. The predicted molar refractivity (Wildman–Crippen MR) is 64.3 cm³/mol. The maximum atomic E-state index is 13.8. The molecule has 1 heterocycles. The third-order valence-corrected chi connectivity index (χ3v) is 3.08. The molecule has 16 heavy (non-hydrogen) atoms. The minimum absolute atomic E-state index is 0.108. The molecule has 1 aromatic rings. The number of rotatable bonds is 2. The molecule has 4 heteroatoms. The first kappa shape index (κ1) is 11.0. The predicted octanol–water partition coefficient (Wildman–Crippen LogP) is 2.77. The summed E-state index contributed by atoms with van der Waals surface area (Å²) in [6.07, 6.45) is 0.968. The van der Waals surface area contributed by atoms with E-state index in [1.54, 1.807) is 0 Å². The fourth-order valence-electron chi connectivity index (χ4n) is 2.14. The van der Waals surface area contributed by atoms with Crippen LogP contribution in [0.15, 0.2) is 30.3 Å². The molecular weight excluding hydrogens is 202 g/mol. The summed E-state index contributed by atoms with van der Waals surface area (Å²) in [4.78, 5) is 0. The van der Waals surface area contributed by atoms with E-state index in [9.17, 15) is 4.39 Å². The number of nitriles is 1. The van der Waals surface area contributed by atoms with Crippen LogP contribution in [0.4, 0.5) is 10.1 Å². The Bertz CT molecular complexity index is 376. The molecule has 0 saturated carbocycles. The molecule has 1 aromatic carbocycles. The summed E-state index contributed by atoms with van der Waals surface area (Å²) in [5.41, 5.74) is 0.950. The van der Waals surface area contributed by atoms with Crippen LogP contribution < -0.4 is 5.32 Å². The van der Waals surface area contributed by atoms with E-state index >= 15 is 0 Å². The molecule has 0 aromatic heterocycles. The first-order valence-electron chi connectivity index (χ1n) is 5.65. The van der Waals surface area contributed by atoms with Crippen molar-refractivity contribution in [1.29, 1.82) is 5.26 Å². The van der Waals surface area contributed by atoms with Gasteiger partial charge in [-0.3, -0.25) is 0 Å². The molecule has 2 unspecified atom stereocenters. The van der Waals surface area contributed by atoms with E-state index in [-0.39, 0.29) is 12.8 Å². The maximum Gasteiger partial charge on any atom is 0.270 e. The minimum atomic E-state index is -0.918. The summed E-state index contributed by atoms with van der Waals surface area (Å²) in [6, 6.07) is 9.51. The van der Waals surface area contributed by atoms with Crippen molar-refractivity contribution in [3.8, 4) is 5.97 Å². The molecule has 1 aliphatic rings. The summed E-state index contributed by atoms with van der Waals surface area (Å²) < 4.78 is 13.8. The van der Waals surface area contributed by atoms with Gasteiger partial charge in [-0.25, -0.2) is 9.65 Å². The number of halogens is 1. The number of nitrogens with zero attached hydrogens (tertiary/aromatic N) is 1. The Balaban J connectivity index is 1.95. The standard InChI is InChI=1S/C12H14BFN2/c14-11-8-13(9-15)7-6-12(11)16-10-4-2-1-3-5-10/h1-5,11-12,16H,6-8H2. The Morgan fingerprint density at radius 2 is 2.12 bits per heavy atom. The summed E-state index contributed by atoms with van der Waals surface area (Å²) in [6.45, 7) is -0.108. The highest BCUT2D eigenvalue weighted by Gasteiger charge is 2.32. The molecule has 2 atom stereocenters. The number of hydrogen-bond donors (Lipinski definition) is 1. The van der Waals surface area contributed by atoms with E-state index in [1.165, 1.54) is 0 Å². The lowest BCUT2D eigenvalue weighted by Crippen LogP contribution is -2.39. The highest BCUT2D eigenvalue weighted by Crippen LogP contribution is 2.25. The average molecular weight is 216 g/mol. The molecule has 0 spiro atoms. The van der Waals surface area contributed by atoms with Crippen molar-refractivity contribution in [1.82, 2.24) is 0 Å². The zero-order valence-corrected chi connectivity index (χ0v) is 9.07. The number of alkyl halides is 1. The van der Waals surface area contributed by atoms with Crippen LogP contribution >= 0.6 is 0 Å². The number of nitrogens with one attached hydrogen (secondary N) is 1. The highest BCUT2D eigenvalue weighted by molar-refractivity contribution is 6.67. The molecule has 82 valence electrons. The van der Waals surface area contributed by atoms with Gasteiger partial charge in [-0.2, -0.15) is 0 Å². The SMILES string of the molecule is N#CB1CCC(Nc2ccccc2)C(F)C1. The van der Waals surface area contributed by atoms with Crippen molar-refractivity contribution >= 4 is 12.4 Å². The van der Waals surface area contributed by atoms with Crippen LogP contribution in [0.25, 0.3) is 0 Å². The Kier molecular flexibility index (Phi) is 3.45. The van der Waals surface area contributed by atoms with Gasteiger partial charge in [-0.1, -0.05) is 24.5 Å². The van der Waals surface area contributed by atoms with Gasteiger partial charge in [0, 0.05) is 11.7 Å². The van der Waals surface area contributed by atoms with Crippen LogP contribution in [-0.2, 0) is 0 Å². The second-order valence-electron chi connectivity index (χ2n) is 4.27. The van der Waals surface area contributed by atoms with Crippen molar-refractivity contribution in [2.24, 2.45) is 0 Å². The molecule has 0 aliphatic carbocycles. The third kappa shape index (κ3) is 2.54. The Morgan fingerprint density at radius 3 is 2.75 bits per heavy atom. The second kappa shape index (κ2) is 5.02. The largest absolute Gasteiger partial charge is 0.379 e. The summed E-state index contributed by atoms with van der Waals surface area (Å²) >= 11 is 0. The molecule has 1 aliphatic heterocycles. The van der Waals surface area contributed by atoms with Crippen LogP contribution in [0.3, 0.4) is 0 Å². The summed E-state index contributed by atoms with van der Waals surface area (Å²) in [5.74, 6) is 2.15. The van der Waals surface area contributed by atoms with Gasteiger partial charge in [-0.05, 0) is 24.9 Å². The number of benzene rings is 1. The van der Waals surface area contributed by atoms with E-state index in [2.05, 4.69) is 11.3 Å². The van der Waals surface area contributed by atoms with Crippen molar-refractivity contribution in [2.75, 3.05) is 5.32 Å². The van der Waals surface area contributed by atoms with Crippen molar-refractivity contribution in [3.05, 3.63) is 30.3 Å². The lowest BCUT2D eigenvalue weighted by molar-refractivity contribution is 0.303. The molecule has 1 saturated heterocycles. The van der Waals surface area contributed by atoms with Gasteiger partial charge in [0.05, 0.1) is 6.04 Å². The highest BCUT2D eigenvalue weighted by atomic mass is 19.1. The van der Waals surface area contributed by atoms with E-state index in [0.29, 0.717) is 6.32 Å². The monoisotopic (exact) mass is 216 g/mol. The number of anilines is 1. The first-order chi connectivity index (χ1) is 7.79. The van der Waals surface area contributed by atoms with Gasteiger partial charge < -0.3 is 5.32 Å². The van der Waals surface area contributed by atoms with Crippen molar-refractivity contribution in [2.45, 2.75) is 31.3 Å². The molecule has 0 radical (unpaired) electrons. The molecule has 0 bridgehead atoms. The lowest BCUT2D eigenvalue weighted by atomic mass is 9.42. The van der Waals surface area contributed by atoms with Crippen LogP contribution in [-0.4, -0.2) is 18.9 Å². The lowest BCUT2D eigenvalue weighted by Gasteiger charge is -2.28. The molecule has 2 nitrogen and oxygen atoms in total. The summed E-state index contributed by atoms with van der Waals surface area (Å²) in [5, 5.41) is 11.9. The molecule has 1 fully saturated rings. The first-order valence-corrected chi connectivity index (χ1v) is 5.65. The van der Waals surface area contributed by atoms with E-state index < -0.39 is 6.17 Å². The van der Waals surface area contributed by atoms with Crippen LogP contribution in [0.2, 0.25) is 12.6 Å². The van der Waals surface area contributed by atoms with Crippen molar-refractivity contribution in [3.63, 3.8) is 0 Å². The molecular formula is C12H14BFN2. The number of hydrogen-bond acceptors (Lipinski definition) is 2. The van der Waals surface area contributed by atoms with Crippen LogP contribution in [0, 0.1) is 11.2 Å². The molecule has 2 rings (SSSR count). The third-order valence-electron chi connectivity index (χ3n) is 3.08. The molecule has 0 amide bonds. The zero-order chi connectivity index (χ0) is 11.4. The zero-order valence-electron chi connectivity index (χ0n) is 9.07. The summed E-state index contributed by atoms with van der Waals surface area (Å²) in [7, 11) is 0. The molecule has 1 N–H and O–H groups in total. The van der Waals surface area contributed by atoms with Gasteiger partial charge in [-0.15, -0.1) is 0 Å². The Labute approximate surface area is 95.5 Å². The van der Waals surface area contributed by atoms with Gasteiger partial charge in [0.25, 0.3) is 6.71 Å². The Morgan fingerprint density at radius 1 is 1.38 bits per heavy atom. The second-order valence-corrected chi connectivity index (χ2v) is 4.27. The van der Waals surface area contributed by atoms with Gasteiger partial charge in [0.2, 0.25) is 0 Å². The van der Waals surface area contributed by atoms with E-state index in [1.807, 2.05) is 30.3 Å². The fraction of sp³-hybridized carbons (Fsp3) is 0.417. The fourth-order valence-corrected chi connectivity index (χ4v) is 2.14. The minimum Gasteiger partial charge on any atom is -0.379 e. The topological polar surface area (TPSA) is 35.8 Å². The van der Waals surface area contributed by atoms with Gasteiger partial charge in [0.1, 0.15) is 6.17 Å². The number of para-hydroxylation sites is 1. The van der Waals surface area contributed by atoms with Crippen molar-refractivity contribution < 1.29 is 4.39 Å². The quantitative estimate of drug-likeness (QED) is 0.771. The van der Waals surface area contributed by atoms with Gasteiger partial charge in [0.15, 0.2) is 0 Å². The van der Waals surface area contributed by atoms with E-state index in [0.717, 1.165) is 18.4 Å². The maximum absolute atomic E-state index is 13.8. The normalized spacial score (nSPS) is 24.9. The van der Waals surface area contributed by atoms with E-state index in [4.69, 9.17) is 5.26 Å². The smallest absolute Gasteiger partial charge is 0.270 e.